The maximum Gasteiger partial charge on any atom is 0.198 e. The number of aromatic amines is 1. The second-order valence-corrected chi connectivity index (χ2v) is 3.64. The zero-order valence-corrected chi connectivity index (χ0v) is 10.1. The minimum absolute atomic E-state index is 0.0997. The summed E-state index contributed by atoms with van der Waals surface area (Å²) >= 11 is 5.89. The van der Waals surface area contributed by atoms with E-state index in [4.69, 9.17) is 16.3 Å². The monoisotopic (exact) mass is 254 g/mol. The summed E-state index contributed by atoms with van der Waals surface area (Å²) in [5.74, 6) is 1.61. The number of ether oxygens (including phenoxy) is 1. The first-order valence-corrected chi connectivity index (χ1v) is 5.26. The van der Waals surface area contributed by atoms with Crippen LogP contribution in [0.4, 0.5) is 5.82 Å². The number of hydrogen-bond donors (Lipinski definition) is 2. The number of anilines is 1. The maximum absolute atomic E-state index is 5.89. The van der Waals surface area contributed by atoms with E-state index in [9.17, 15) is 0 Å². The van der Waals surface area contributed by atoms with Gasteiger partial charge in [-0.25, -0.2) is 15.0 Å². The fraction of sp³-hybridized carbons (Fsp3) is 0.333. The SMILES string of the molecule is COc1c(Cl)ncnc1NC(C)c1ncn[nH]1. The Hall–Kier alpha value is -1.89. The lowest BCUT2D eigenvalue weighted by Crippen LogP contribution is -2.11. The highest BCUT2D eigenvalue weighted by atomic mass is 35.5. The second-order valence-electron chi connectivity index (χ2n) is 3.28. The summed E-state index contributed by atoms with van der Waals surface area (Å²) in [5, 5.41) is 9.92. The molecule has 0 aromatic carbocycles. The summed E-state index contributed by atoms with van der Waals surface area (Å²) in [5.41, 5.74) is 0. The third-order valence-corrected chi connectivity index (χ3v) is 2.43. The van der Waals surface area contributed by atoms with E-state index in [0.29, 0.717) is 17.4 Å². The van der Waals surface area contributed by atoms with Crippen LogP contribution in [0.15, 0.2) is 12.7 Å². The molecule has 0 aliphatic heterocycles. The summed E-state index contributed by atoms with van der Waals surface area (Å²) in [7, 11) is 1.51. The summed E-state index contributed by atoms with van der Waals surface area (Å²) in [6.45, 7) is 1.91. The molecule has 0 radical (unpaired) electrons. The Morgan fingerprint density at radius 2 is 2.18 bits per heavy atom. The lowest BCUT2D eigenvalue weighted by Gasteiger charge is -2.14. The molecule has 1 unspecified atom stereocenters. The number of aromatic nitrogens is 5. The van der Waals surface area contributed by atoms with E-state index < -0.39 is 0 Å². The predicted molar refractivity (Wildman–Crippen MR) is 62.0 cm³/mol. The minimum atomic E-state index is -0.0997. The van der Waals surface area contributed by atoms with Crippen molar-refractivity contribution in [2.45, 2.75) is 13.0 Å². The van der Waals surface area contributed by atoms with Gasteiger partial charge in [-0.1, -0.05) is 11.6 Å². The smallest absolute Gasteiger partial charge is 0.198 e. The standard InChI is InChI=1S/C9H11ClN6O/c1-5(8-13-4-14-16-8)15-9-6(17-2)7(10)11-3-12-9/h3-5H,1-2H3,(H,11,12,15)(H,13,14,16). The summed E-state index contributed by atoms with van der Waals surface area (Å²) < 4.78 is 5.13. The van der Waals surface area contributed by atoms with Crippen molar-refractivity contribution >= 4 is 17.4 Å². The topological polar surface area (TPSA) is 88.6 Å². The molecule has 7 nitrogen and oxygen atoms in total. The van der Waals surface area contributed by atoms with Crippen LogP contribution >= 0.6 is 11.6 Å². The molecule has 2 aromatic heterocycles. The van der Waals surface area contributed by atoms with E-state index >= 15 is 0 Å². The third-order valence-electron chi connectivity index (χ3n) is 2.16. The molecule has 2 aromatic rings. The number of methoxy groups -OCH3 is 1. The summed E-state index contributed by atoms with van der Waals surface area (Å²) in [4.78, 5) is 11.9. The maximum atomic E-state index is 5.89. The molecular formula is C9H11ClN6O. The van der Waals surface area contributed by atoms with Gasteiger partial charge in [-0.05, 0) is 6.92 Å². The van der Waals surface area contributed by atoms with Crippen molar-refractivity contribution in [3.05, 3.63) is 23.6 Å². The highest BCUT2D eigenvalue weighted by Gasteiger charge is 2.14. The van der Waals surface area contributed by atoms with Gasteiger partial charge in [0.05, 0.1) is 13.2 Å². The van der Waals surface area contributed by atoms with Crippen LogP contribution in [0.2, 0.25) is 5.15 Å². The van der Waals surface area contributed by atoms with Gasteiger partial charge < -0.3 is 10.1 Å². The molecule has 0 fully saturated rings. The molecule has 2 heterocycles. The first-order valence-electron chi connectivity index (χ1n) is 4.88. The van der Waals surface area contributed by atoms with E-state index in [-0.39, 0.29) is 11.2 Å². The van der Waals surface area contributed by atoms with Gasteiger partial charge >= 0.3 is 0 Å². The lowest BCUT2D eigenvalue weighted by atomic mass is 10.3. The third kappa shape index (κ3) is 2.44. The lowest BCUT2D eigenvalue weighted by molar-refractivity contribution is 0.412. The minimum Gasteiger partial charge on any atom is -0.490 e. The quantitative estimate of drug-likeness (QED) is 0.803. The van der Waals surface area contributed by atoms with Crippen molar-refractivity contribution in [2.24, 2.45) is 0 Å². The van der Waals surface area contributed by atoms with Gasteiger partial charge in [-0.3, -0.25) is 5.10 Å². The van der Waals surface area contributed by atoms with Crippen molar-refractivity contribution in [3.63, 3.8) is 0 Å². The van der Waals surface area contributed by atoms with Gasteiger partial charge in [0.1, 0.15) is 18.5 Å². The van der Waals surface area contributed by atoms with Crippen LogP contribution in [0.3, 0.4) is 0 Å². The van der Waals surface area contributed by atoms with Crippen LogP contribution in [0.5, 0.6) is 5.75 Å². The molecule has 0 saturated carbocycles. The van der Waals surface area contributed by atoms with E-state index in [2.05, 4.69) is 30.5 Å². The number of nitrogens with zero attached hydrogens (tertiary/aromatic N) is 4. The Labute approximate surface area is 103 Å². The molecule has 0 aliphatic rings. The van der Waals surface area contributed by atoms with E-state index in [1.807, 2.05) is 6.92 Å². The molecule has 0 aliphatic carbocycles. The fourth-order valence-electron chi connectivity index (χ4n) is 1.33. The first-order chi connectivity index (χ1) is 8.22. The summed E-state index contributed by atoms with van der Waals surface area (Å²) in [6.07, 6.45) is 2.80. The average molecular weight is 255 g/mol. The van der Waals surface area contributed by atoms with Crippen LogP contribution in [0.25, 0.3) is 0 Å². The normalized spacial score (nSPS) is 12.2. The highest BCUT2D eigenvalue weighted by Crippen LogP contribution is 2.30. The van der Waals surface area contributed by atoms with Gasteiger partial charge in [-0.15, -0.1) is 0 Å². The Kier molecular flexibility index (Phi) is 3.38. The largest absolute Gasteiger partial charge is 0.490 e. The number of halogens is 1. The highest BCUT2D eigenvalue weighted by molar-refractivity contribution is 6.31. The van der Waals surface area contributed by atoms with Gasteiger partial charge in [0.25, 0.3) is 0 Å². The summed E-state index contributed by atoms with van der Waals surface area (Å²) in [6, 6.07) is -0.0997. The van der Waals surface area contributed by atoms with Gasteiger partial charge in [-0.2, -0.15) is 5.10 Å². The van der Waals surface area contributed by atoms with Crippen molar-refractivity contribution in [2.75, 3.05) is 12.4 Å². The Bertz CT molecular complexity index is 488. The molecule has 0 amide bonds. The van der Waals surface area contributed by atoms with Crippen molar-refractivity contribution in [1.29, 1.82) is 0 Å². The molecular weight excluding hydrogens is 244 g/mol. The molecule has 17 heavy (non-hydrogen) atoms. The second kappa shape index (κ2) is 4.96. The van der Waals surface area contributed by atoms with Crippen LogP contribution in [0.1, 0.15) is 18.8 Å². The van der Waals surface area contributed by atoms with Crippen molar-refractivity contribution < 1.29 is 4.74 Å². The molecule has 0 saturated heterocycles. The zero-order valence-electron chi connectivity index (χ0n) is 9.31. The van der Waals surface area contributed by atoms with Crippen molar-refractivity contribution in [3.8, 4) is 5.75 Å². The molecule has 8 heteroatoms. The van der Waals surface area contributed by atoms with Crippen LogP contribution in [0, 0.1) is 0 Å². The number of H-pyrrole nitrogens is 1. The number of hydrogen-bond acceptors (Lipinski definition) is 6. The van der Waals surface area contributed by atoms with Crippen molar-refractivity contribution in [1.82, 2.24) is 25.1 Å². The van der Waals surface area contributed by atoms with E-state index in [0.717, 1.165) is 0 Å². The Balaban J connectivity index is 2.21. The zero-order chi connectivity index (χ0) is 12.3. The van der Waals surface area contributed by atoms with Gasteiger partial charge in [0.15, 0.2) is 16.7 Å². The fourth-order valence-corrected chi connectivity index (χ4v) is 1.54. The van der Waals surface area contributed by atoms with Crippen LogP contribution in [-0.4, -0.2) is 32.3 Å². The average Bonchev–Trinajstić information content (AvgIpc) is 2.82. The van der Waals surface area contributed by atoms with Crippen LogP contribution < -0.4 is 10.1 Å². The van der Waals surface area contributed by atoms with Crippen LogP contribution in [-0.2, 0) is 0 Å². The molecule has 1 atom stereocenters. The number of nitrogens with one attached hydrogen (secondary N) is 2. The molecule has 0 spiro atoms. The van der Waals surface area contributed by atoms with E-state index in [1.165, 1.54) is 19.8 Å². The van der Waals surface area contributed by atoms with Gasteiger partial charge in [0.2, 0.25) is 0 Å². The predicted octanol–water partition coefficient (Wildman–Crippen LogP) is 1.43. The Morgan fingerprint density at radius 1 is 1.35 bits per heavy atom. The first kappa shape index (κ1) is 11.6. The molecule has 90 valence electrons. The van der Waals surface area contributed by atoms with Gasteiger partial charge in [0, 0.05) is 0 Å². The number of rotatable bonds is 4. The van der Waals surface area contributed by atoms with E-state index in [1.54, 1.807) is 0 Å². The molecule has 0 bridgehead atoms. The molecule has 2 N–H and O–H groups in total. The Morgan fingerprint density at radius 3 is 2.82 bits per heavy atom. The molecule has 2 rings (SSSR count).